The molecule has 2 atom stereocenters. The normalized spacial score (nSPS) is 26.5. The van der Waals surface area contributed by atoms with Gasteiger partial charge in [0.2, 0.25) is 5.91 Å². The molecule has 1 rings (SSSR count). The number of carbonyl (C=O) groups excluding carboxylic acids is 1. The highest BCUT2D eigenvalue weighted by Gasteiger charge is 2.31. The summed E-state index contributed by atoms with van der Waals surface area (Å²) < 4.78 is 4.94. The van der Waals surface area contributed by atoms with E-state index >= 15 is 0 Å². The number of nitrogens with one attached hydrogen (secondary N) is 1. The summed E-state index contributed by atoms with van der Waals surface area (Å²) in [5, 5.41) is 3.28. The van der Waals surface area contributed by atoms with Crippen molar-refractivity contribution in [3.8, 4) is 0 Å². The summed E-state index contributed by atoms with van der Waals surface area (Å²) in [7, 11) is 3.49. The molecular weight excluding hydrogens is 180 g/mol. The molecule has 0 aromatic rings. The van der Waals surface area contributed by atoms with Crippen molar-refractivity contribution in [1.29, 1.82) is 0 Å². The molecule has 0 bridgehead atoms. The number of hydrogen-bond donors (Lipinski definition) is 1. The van der Waals surface area contributed by atoms with Gasteiger partial charge < -0.3 is 15.0 Å². The Bertz CT molecular complexity index is 197. The third-order valence-electron chi connectivity index (χ3n) is 2.85. The number of amides is 1. The lowest BCUT2D eigenvalue weighted by atomic mass is 10.0. The standard InChI is InChI=1S/C10H20N2O2/c1-8-9(4-5-11-8)10(13)12(2)6-7-14-3/h8-9,11H,4-7H2,1-3H3. The largest absolute Gasteiger partial charge is 0.383 e. The van der Waals surface area contributed by atoms with E-state index < -0.39 is 0 Å². The third kappa shape index (κ3) is 2.69. The summed E-state index contributed by atoms with van der Waals surface area (Å²) in [6.07, 6.45) is 0.956. The molecule has 0 radical (unpaired) electrons. The van der Waals surface area contributed by atoms with E-state index in [-0.39, 0.29) is 11.8 Å². The zero-order valence-corrected chi connectivity index (χ0v) is 9.25. The lowest BCUT2D eigenvalue weighted by Gasteiger charge is -2.22. The summed E-state index contributed by atoms with van der Waals surface area (Å²) in [5.74, 6) is 0.386. The fraction of sp³-hybridized carbons (Fsp3) is 0.900. The topological polar surface area (TPSA) is 41.6 Å². The first kappa shape index (κ1) is 11.5. The number of nitrogens with zero attached hydrogens (tertiary/aromatic N) is 1. The second-order valence-electron chi connectivity index (χ2n) is 3.89. The van der Waals surface area contributed by atoms with E-state index in [9.17, 15) is 4.79 Å². The number of ether oxygens (including phenoxy) is 1. The van der Waals surface area contributed by atoms with Crippen LogP contribution in [0.15, 0.2) is 0 Å². The Morgan fingerprint density at radius 3 is 2.86 bits per heavy atom. The minimum Gasteiger partial charge on any atom is -0.383 e. The van der Waals surface area contributed by atoms with Crippen LogP contribution < -0.4 is 5.32 Å². The summed E-state index contributed by atoms with van der Waals surface area (Å²) >= 11 is 0. The molecule has 1 saturated heterocycles. The van der Waals surface area contributed by atoms with Crippen molar-refractivity contribution in [3.63, 3.8) is 0 Å². The molecule has 82 valence electrons. The number of rotatable bonds is 4. The van der Waals surface area contributed by atoms with E-state index in [0.29, 0.717) is 19.2 Å². The zero-order valence-electron chi connectivity index (χ0n) is 9.25. The molecule has 4 nitrogen and oxygen atoms in total. The molecule has 4 heteroatoms. The highest BCUT2D eigenvalue weighted by atomic mass is 16.5. The van der Waals surface area contributed by atoms with Crippen molar-refractivity contribution in [3.05, 3.63) is 0 Å². The van der Waals surface area contributed by atoms with Crippen LogP contribution in [-0.4, -0.2) is 50.7 Å². The molecule has 1 fully saturated rings. The Morgan fingerprint density at radius 1 is 1.64 bits per heavy atom. The maximum absolute atomic E-state index is 11.9. The van der Waals surface area contributed by atoms with Gasteiger partial charge in [-0.15, -0.1) is 0 Å². The Morgan fingerprint density at radius 2 is 2.36 bits per heavy atom. The van der Waals surface area contributed by atoms with Gasteiger partial charge in [-0.2, -0.15) is 0 Å². The van der Waals surface area contributed by atoms with Gasteiger partial charge in [-0.25, -0.2) is 0 Å². The average Bonchev–Trinajstić information content (AvgIpc) is 2.59. The molecule has 1 amide bonds. The highest BCUT2D eigenvalue weighted by molar-refractivity contribution is 5.79. The Kier molecular flexibility index (Phi) is 4.35. The van der Waals surface area contributed by atoms with Gasteiger partial charge in [-0.3, -0.25) is 4.79 Å². The molecule has 0 saturated carbocycles. The quantitative estimate of drug-likeness (QED) is 0.699. The average molecular weight is 200 g/mol. The van der Waals surface area contributed by atoms with E-state index in [1.165, 1.54) is 0 Å². The van der Waals surface area contributed by atoms with Gasteiger partial charge in [0, 0.05) is 26.7 Å². The van der Waals surface area contributed by atoms with E-state index in [2.05, 4.69) is 12.2 Å². The zero-order chi connectivity index (χ0) is 10.6. The van der Waals surface area contributed by atoms with Gasteiger partial charge in [0.05, 0.1) is 12.5 Å². The number of likely N-dealkylation sites (N-methyl/N-ethyl adjacent to an activating group) is 1. The molecule has 0 spiro atoms. The van der Waals surface area contributed by atoms with Gasteiger partial charge in [0.15, 0.2) is 0 Å². The Balaban J connectivity index is 2.39. The van der Waals surface area contributed by atoms with Gasteiger partial charge in [0.1, 0.15) is 0 Å². The molecule has 0 aliphatic carbocycles. The van der Waals surface area contributed by atoms with Crippen molar-refractivity contribution in [2.75, 3.05) is 33.9 Å². The Labute approximate surface area is 85.6 Å². The molecule has 0 aromatic carbocycles. The van der Waals surface area contributed by atoms with Crippen LogP contribution in [0.1, 0.15) is 13.3 Å². The van der Waals surface area contributed by atoms with Crippen LogP contribution in [0.5, 0.6) is 0 Å². The molecule has 1 aliphatic heterocycles. The third-order valence-corrected chi connectivity index (χ3v) is 2.85. The highest BCUT2D eigenvalue weighted by Crippen LogP contribution is 2.17. The monoisotopic (exact) mass is 200 g/mol. The smallest absolute Gasteiger partial charge is 0.227 e. The summed E-state index contributed by atoms with van der Waals surface area (Å²) in [4.78, 5) is 13.7. The molecule has 0 aromatic heterocycles. The molecule has 2 unspecified atom stereocenters. The van der Waals surface area contributed by atoms with Gasteiger partial charge in [-0.05, 0) is 19.9 Å². The van der Waals surface area contributed by atoms with Crippen molar-refractivity contribution in [2.45, 2.75) is 19.4 Å². The first-order valence-electron chi connectivity index (χ1n) is 5.14. The van der Waals surface area contributed by atoms with Crippen molar-refractivity contribution < 1.29 is 9.53 Å². The molecular formula is C10H20N2O2. The van der Waals surface area contributed by atoms with E-state index in [1.807, 2.05) is 7.05 Å². The van der Waals surface area contributed by atoms with E-state index in [4.69, 9.17) is 4.74 Å². The van der Waals surface area contributed by atoms with Crippen molar-refractivity contribution in [1.82, 2.24) is 10.2 Å². The van der Waals surface area contributed by atoms with Gasteiger partial charge in [0.25, 0.3) is 0 Å². The maximum Gasteiger partial charge on any atom is 0.227 e. The molecule has 1 N–H and O–H groups in total. The maximum atomic E-state index is 11.9. The first-order chi connectivity index (χ1) is 6.66. The van der Waals surface area contributed by atoms with Crippen LogP contribution in [0.4, 0.5) is 0 Å². The SMILES string of the molecule is COCCN(C)C(=O)C1CCNC1C. The number of hydrogen-bond acceptors (Lipinski definition) is 3. The van der Waals surface area contributed by atoms with Crippen LogP contribution in [0.3, 0.4) is 0 Å². The number of methoxy groups -OCH3 is 1. The van der Waals surface area contributed by atoms with Crippen molar-refractivity contribution >= 4 is 5.91 Å². The van der Waals surface area contributed by atoms with Crippen LogP contribution in [0.25, 0.3) is 0 Å². The summed E-state index contributed by atoms with van der Waals surface area (Å²) in [6, 6.07) is 0.312. The van der Waals surface area contributed by atoms with E-state index in [0.717, 1.165) is 13.0 Å². The second-order valence-corrected chi connectivity index (χ2v) is 3.89. The lowest BCUT2D eigenvalue weighted by molar-refractivity contribution is -0.134. The van der Waals surface area contributed by atoms with Gasteiger partial charge >= 0.3 is 0 Å². The number of carbonyl (C=O) groups is 1. The fourth-order valence-corrected chi connectivity index (χ4v) is 1.82. The van der Waals surface area contributed by atoms with Crippen LogP contribution >= 0.6 is 0 Å². The Hall–Kier alpha value is -0.610. The predicted molar refractivity (Wildman–Crippen MR) is 55.1 cm³/mol. The minimum absolute atomic E-state index is 0.150. The van der Waals surface area contributed by atoms with Crippen LogP contribution in [-0.2, 0) is 9.53 Å². The lowest BCUT2D eigenvalue weighted by Crippen LogP contribution is -2.39. The molecule has 1 heterocycles. The fourth-order valence-electron chi connectivity index (χ4n) is 1.82. The first-order valence-corrected chi connectivity index (χ1v) is 5.14. The molecule has 1 aliphatic rings. The summed E-state index contributed by atoms with van der Waals surface area (Å²) in [6.45, 7) is 4.31. The summed E-state index contributed by atoms with van der Waals surface area (Å²) in [5.41, 5.74) is 0. The molecule has 14 heavy (non-hydrogen) atoms. The second kappa shape index (κ2) is 5.32. The van der Waals surface area contributed by atoms with Crippen molar-refractivity contribution in [2.24, 2.45) is 5.92 Å². The predicted octanol–water partition coefficient (Wildman–Crippen LogP) is 0.0892. The van der Waals surface area contributed by atoms with E-state index in [1.54, 1.807) is 12.0 Å². The van der Waals surface area contributed by atoms with Gasteiger partial charge in [-0.1, -0.05) is 0 Å². The minimum atomic E-state index is 0.150. The van der Waals surface area contributed by atoms with Crippen LogP contribution in [0.2, 0.25) is 0 Å². The van der Waals surface area contributed by atoms with Crippen LogP contribution in [0, 0.1) is 5.92 Å².